The van der Waals surface area contributed by atoms with Crippen molar-refractivity contribution in [1.82, 2.24) is 4.90 Å². The van der Waals surface area contributed by atoms with Crippen LogP contribution in [0.25, 0.3) is 0 Å². The number of guanidine groups is 1. The molecule has 2 rings (SSSR count). The first-order valence-electron chi connectivity index (χ1n) is 9.11. The second-order valence-corrected chi connectivity index (χ2v) is 9.69. The first-order valence-corrected chi connectivity index (χ1v) is 11.0. The van der Waals surface area contributed by atoms with Gasteiger partial charge in [0.25, 0.3) is 0 Å². The summed E-state index contributed by atoms with van der Waals surface area (Å²) in [5.41, 5.74) is 9.75. The first-order chi connectivity index (χ1) is 13.5. The average molecular weight is 414 g/mol. The quantitative estimate of drug-likeness (QED) is 0.429. The van der Waals surface area contributed by atoms with Crippen LogP contribution in [0.1, 0.15) is 37.5 Å². The van der Waals surface area contributed by atoms with Gasteiger partial charge in [0, 0.05) is 18.8 Å². The highest BCUT2D eigenvalue weighted by Gasteiger charge is 2.15. The van der Waals surface area contributed by atoms with E-state index in [-0.39, 0.29) is 11.4 Å². The van der Waals surface area contributed by atoms with Gasteiger partial charge in [-0.25, -0.2) is 8.42 Å². The lowest BCUT2D eigenvalue weighted by atomic mass is 9.87. The van der Waals surface area contributed by atoms with Crippen molar-refractivity contribution in [2.24, 2.45) is 10.7 Å². The number of aliphatic imine (C=N–C) groups is 1. The fourth-order valence-corrected chi connectivity index (χ4v) is 3.35. The number of hydrogen-bond donors (Lipinski definition) is 2. The lowest BCUT2D eigenvalue weighted by molar-refractivity contribution is 0.402. The minimum absolute atomic E-state index is 0.0707. The van der Waals surface area contributed by atoms with E-state index in [1.165, 1.54) is 5.56 Å². The van der Waals surface area contributed by atoms with Gasteiger partial charge < -0.3 is 10.6 Å². The van der Waals surface area contributed by atoms with E-state index in [1.807, 2.05) is 24.3 Å². The molecule has 0 atom stereocenters. The van der Waals surface area contributed by atoms with E-state index in [0.717, 1.165) is 17.4 Å². The Morgan fingerprint density at radius 1 is 1.07 bits per heavy atom. The first kappa shape index (κ1) is 22.2. The molecule has 0 aromatic heterocycles. The van der Waals surface area contributed by atoms with Gasteiger partial charge in [0.1, 0.15) is 0 Å². The fourth-order valence-electron chi connectivity index (χ4n) is 2.78. The molecular formula is C21H27N5O2S. The predicted molar refractivity (Wildman–Crippen MR) is 117 cm³/mol. The molecule has 0 unspecified atom stereocenters. The third kappa shape index (κ3) is 7.12. The Bertz CT molecular complexity index is 999. The van der Waals surface area contributed by atoms with Crippen LogP contribution < -0.4 is 10.5 Å². The van der Waals surface area contributed by atoms with E-state index in [4.69, 9.17) is 11.0 Å². The second-order valence-electron chi connectivity index (χ2n) is 7.94. The maximum atomic E-state index is 11.3. The van der Waals surface area contributed by atoms with Gasteiger partial charge in [-0.2, -0.15) is 5.26 Å². The lowest BCUT2D eigenvalue weighted by Gasteiger charge is -2.24. The third-order valence-corrected chi connectivity index (χ3v) is 4.92. The molecule has 0 saturated carbocycles. The SMILES string of the molecule is CC(C)(C)c1ccc(CN(Cc2ccc(NS(C)(=O)=O)cc2)C(N)=NC#N)cc1. The molecule has 0 heterocycles. The molecule has 7 nitrogen and oxygen atoms in total. The van der Waals surface area contributed by atoms with Crippen molar-refractivity contribution in [3.63, 3.8) is 0 Å². The molecule has 29 heavy (non-hydrogen) atoms. The molecule has 0 aliphatic carbocycles. The molecule has 8 heteroatoms. The third-order valence-electron chi connectivity index (χ3n) is 4.31. The van der Waals surface area contributed by atoms with Gasteiger partial charge in [0.2, 0.25) is 22.2 Å². The minimum Gasteiger partial charge on any atom is -0.369 e. The summed E-state index contributed by atoms with van der Waals surface area (Å²) < 4.78 is 25.1. The highest BCUT2D eigenvalue weighted by Crippen LogP contribution is 2.23. The molecule has 0 aliphatic rings. The van der Waals surface area contributed by atoms with E-state index >= 15 is 0 Å². The fraction of sp³-hybridized carbons (Fsp3) is 0.333. The van der Waals surface area contributed by atoms with Crippen molar-refractivity contribution < 1.29 is 8.42 Å². The van der Waals surface area contributed by atoms with E-state index < -0.39 is 10.0 Å². The summed E-state index contributed by atoms with van der Waals surface area (Å²) >= 11 is 0. The summed E-state index contributed by atoms with van der Waals surface area (Å²) in [7, 11) is -3.32. The summed E-state index contributed by atoms with van der Waals surface area (Å²) in [6, 6.07) is 15.3. The Balaban J connectivity index is 2.19. The van der Waals surface area contributed by atoms with Gasteiger partial charge in [-0.3, -0.25) is 4.72 Å². The molecule has 2 aromatic rings. The summed E-state index contributed by atoms with van der Waals surface area (Å²) in [4.78, 5) is 5.47. The Morgan fingerprint density at radius 3 is 1.97 bits per heavy atom. The number of nitrogens with one attached hydrogen (secondary N) is 1. The van der Waals surface area contributed by atoms with Gasteiger partial charge in [-0.15, -0.1) is 4.99 Å². The molecule has 0 amide bonds. The number of rotatable bonds is 6. The van der Waals surface area contributed by atoms with Crippen LogP contribution >= 0.6 is 0 Å². The number of nitrogens with zero attached hydrogens (tertiary/aromatic N) is 3. The minimum atomic E-state index is -3.32. The zero-order valence-corrected chi connectivity index (χ0v) is 18.0. The molecule has 154 valence electrons. The van der Waals surface area contributed by atoms with Crippen molar-refractivity contribution in [3.8, 4) is 6.19 Å². The van der Waals surface area contributed by atoms with Gasteiger partial charge in [0.15, 0.2) is 0 Å². The Hall–Kier alpha value is -3.05. The van der Waals surface area contributed by atoms with Crippen LogP contribution in [0.5, 0.6) is 0 Å². The number of anilines is 1. The number of sulfonamides is 1. The van der Waals surface area contributed by atoms with Crippen LogP contribution in [0.15, 0.2) is 53.5 Å². The molecule has 0 aliphatic heterocycles. The molecular weight excluding hydrogens is 386 g/mol. The second kappa shape index (κ2) is 8.97. The predicted octanol–water partition coefficient (Wildman–Crippen LogP) is 3.15. The van der Waals surface area contributed by atoms with Gasteiger partial charge in [-0.05, 0) is 34.2 Å². The van der Waals surface area contributed by atoms with Gasteiger partial charge in [-0.1, -0.05) is 57.2 Å². The Morgan fingerprint density at radius 2 is 1.55 bits per heavy atom. The number of hydrogen-bond acceptors (Lipinski definition) is 4. The smallest absolute Gasteiger partial charge is 0.229 e. The Labute approximate surface area is 172 Å². The van der Waals surface area contributed by atoms with Crippen LogP contribution in [-0.4, -0.2) is 25.5 Å². The van der Waals surface area contributed by atoms with Crippen LogP contribution in [-0.2, 0) is 28.5 Å². The van der Waals surface area contributed by atoms with Crippen LogP contribution in [0.4, 0.5) is 5.69 Å². The zero-order valence-electron chi connectivity index (χ0n) is 17.2. The maximum absolute atomic E-state index is 11.3. The van der Waals surface area contributed by atoms with Gasteiger partial charge in [0.05, 0.1) is 6.26 Å². The molecule has 0 radical (unpaired) electrons. The molecule has 3 N–H and O–H groups in total. The summed E-state index contributed by atoms with van der Waals surface area (Å²) in [5, 5.41) is 8.88. The van der Waals surface area contributed by atoms with E-state index in [2.05, 4.69) is 42.6 Å². The van der Waals surface area contributed by atoms with E-state index in [0.29, 0.717) is 18.8 Å². The van der Waals surface area contributed by atoms with E-state index in [1.54, 1.807) is 23.2 Å². The number of nitrogens with two attached hydrogens (primary N) is 1. The molecule has 0 saturated heterocycles. The van der Waals surface area contributed by atoms with Crippen LogP contribution in [0.2, 0.25) is 0 Å². The number of benzene rings is 2. The summed E-state index contributed by atoms with van der Waals surface area (Å²) in [6.45, 7) is 7.40. The zero-order chi connectivity index (χ0) is 21.7. The van der Waals surface area contributed by atoms with Crippen molar-refractivity contribution >= 4 is 21.7 Å². The molecule has 0 spiro atoms. The standard InChI is InChI=1S/C21H27N5O2S/c1-21(2,3)18-9-5-16(6-10-18)13-26(20(23)24-15-22)14-17-7-11-19(12-8-17)25-29(4,27)28/h5-12,25H,13-14H2,1-4H3,(H2,23,24). The van der Waals surface area contributed by atoms with Crippen LogP contribution in [0.3, 0.4) is 0 Å². The van der Waals surface area contributed by atoms with Crippen molar-refractivity contribution in [2.75, 3.05) is 11.0 Å². The van der Waals surface area contributed by atoms with Crippen molar-refractivity contribution in [1.29, 1.82) is 5.26 Å². The molecule has 0 fully saturated rings. The highest BCUT2D eigenvalue weighted by molar-refractivity contribution is 7.92. The number of nitriles is 1. The average Bonchev–Trinajstić information content (AvgIpc) is 2.61. The van der Waals surface area contributed by atoms with Crippen molar-refractivity contribution in [3.05, 3.63) is 65.2 Å². The van der Waals surface area contributed by atoms with Crippen LogP contribution in [0, 0.1) is 11.5 Å². The summed E-state index contributed by atoms with van der Waals surface area (Å²) in [6.07, 6.45) is 2.83. The topological polar surface area (TPSA) is 112 Å². The summed E-state index contributed by atoms with van der Waals surface area (Å²) in [5.74, 6) is 0.130. The molecule has 0 bridgehead atoms. The Kier molecular flexibility index (Phi) is 6.88. The van der Waals surface area contributed by atoms with Gasteiger partial charge >= 0.3 is 0 Å². The lowest BCUT2D eigenvalue weighted by Crippen LogP contribution is -2.36. The largest absolute Gasteiger partial charge is 0.369 e. The van der Waals surface area contributed by atoms with Crippen molar-refractivity contribution in [2.45, 2.75) is 39.3 Å². The monoisotopic (exact) mass is 413 g/mol. The molecule has 2 aromatic carbocycles. The normalized spacial score (nSPS) is 12.3. The maximum Gasteiger partial charge on any atom is 0.229 e. The van der Waals surface area contributed by atoms with E-state index in [9.17, 15) is 8.42 Å². The highest BCUT2D eigenvalue weighted by atomic mass is 32.2.